The number of nitrogens with zero attached hydrogens (tertiary/aromatic N) is 1. The summed E-state index contributed by atoms with van der Waals surface area (Å²) in [6.45, 7) is 1.70. The van der Waals surface area contributed by atoms with Crippen LogP contribution in [0.2, 0.25) is 0 Å². The quantitative estimate of drug-likeness (QED) is 0.494. The lowest BCUT2D eigenvalue weighted by Crippen LogP contribution is -2.29. The minimum Gasteiger partial charge on any atom is -0.478 e. The van der Waals surface area contributed by atoms with Crippen molar-refractivity contribution in [1.29, 1.82) is 0 Å². The van der Waals surface area contributed by atoms with E-state index in [1.807, 2.05) is 4.90 Å². The number of hydrogen-bond donors (Lipinski definition) is 1. The van der Waals surface area contributed by atoms with Crippen molar-refractivity contribution in [2.75, 3.05) is 18.8 Å². The lowest BCUT2D eigenvalue weighted by molar-refractivity contribution is -0.131. The van der Waals surface area contributed by atoms with Gasteiger partial charge in [-0.3, -0.25) is 9.59 Å². The number of benzene rings is 1. The maximum atomic E-state index is 11.9. The van der Waals surface area contributed by atoms with Crippen molar-refractivity contribution in [2.45, 2.75) is 17.7 Å². The van der Waals surface area contributed by atoms with Gasteiger partial charge in [-0.2, -0.15) is 0 Å². The fourth-order valence-corrected chi connectivity index (χ4v) is 2.96. The largest absolute Gasteiger partial charge is 0.478 e. The molecular formula is C16H17NO4S. The Balaban J connectivity index is 1.87. The van der Waals surface area contributed by atoms with Gasteiger partial charge in [-0.1, -0.05) is 0 Å². The molecule has 1 heterocycles. The van der Waals surface area contributed by atoms with Crippen molar-refractivity contribution < 1.29 is 19.5 Å². The predicted octanol–water partition coefficient (Wildman–Crippen LogP) is 2.22. The number of carbonyl (C=O) groups is 3. The van der Waals surface area contributed by atoms with E-state index in [1.165, 1.54) is 11.8 Å². The maximum Gasteiger partial charge on any atom is 0.328 e. The van der Waals surface area contributed by atoms with Crippen LogP contribution in [-0.2, 0) is 9.59 Å². The van der Waals surface area contributed by atoms with Gasteiger partial charge in [0.05, 0.1) is 5.75 Å². The van der Waals surface area contributed by atoms with Gasteiger partial charge in [0, 0.05) is 29.6 Å². The number of amides is 1. The molecule has 1 saturated heterocycles. The van der Waals surface area contributed by atoms with Crippen molar-refractivity contribution in [3.05, 3.63) is 42.0 Å². The van der Waals surface area contributed by atoms with E-state index in [-0.39, 0.29) is 11.7 Å². The molecular weight excluding hydrogens is 302 g/mol. The van der Waals surface area contributed by atoms with E-state index >= 15 is 0 Å². The van der Waals surface area contributed by atoms with Gasteiger partial charge in [0.25, 0.3) is 0 Å². The molecule has 0 aromatic heterocycles. The predicted molar refractivity (Wildman–Crippen MR) is 84.1 cm³/mol. The molecule has 1 aliphatic rings. The summed E-state index contributed by atoms with van der Waals surface area (Å²) in [5.41, 5.74) is 0.424. The summed E-state index contributed by atoms with van der Waals surface area (Å²) in [6.07, 6.45) is 4.01. The van der Waals surface area contributed by atoms with Gasteiger partial charge in [0.2, 0.25) is 5.91 Å². The van der Waals surface area contributed by atoms with Crippen LogP contribution in [0.5, 0.6) is 0 Å². The summed E-state index contributed by atoms with van der Waals surface area (Å²) in [7, 11) is 0. The highest BCUT2D eigenvalue weighted by molar-refractivity contribution is 8.00. The van der Waals surface area contributed by atoms with Crippen molar-refractivity contribution in [2.24, 2.45) is 0 Å². The van der Waals surface area contributed by atoms with Crippen LogP contribution in [0.4, 0.5) is 0 Å². The third kappa shape index (κ3) is 4.73. The molecule has 1 amide bonds. The number of carboxylic acid groups (broad SMARTS) is 1. The third-order valence-corrected chi connectivity index (χ3v) is 4.33. The molecule has 116 valence electrons. The Morgan fingerprint density at radius 1 is 1.09 bits per heavy atom. The van der Waals surface area contributed by atoms with Crippen molar-refractivity contribution in [3.8, 4) is 0 Å². The number of rotatable bonds is 6. The average molecular weight is 319 g/mol. The zero-order valence-corrected chi connectivity index (χ0v) is 12.8. The van der Waals surface area contributed by atoms with E-state index in [0.29, 0.717) is 11.3 Å². The Morgan fingerprint density at radius 2 is 1.73 bits per heavy atom. The second-order valence-electron chi connectivity index (χ2n) is 4.94. The van der Waals surface area contributed by atoms with Crippen LogP contribution in [0.15, 0.2) is 41.3 Å². The third-order valence-electron chi connectivity index (χ3n) is 3.34. The number of allylic oxidation sites excluding steroid dienone is 1. The minimum absolute atomic E-state index is 0.145. The van der Waals surface area contributed by atoms with Crippen LogP contribution in [0.1, 0.15) is 23.2 Å². The van der Waals surface area contributed by atoms with Gasteiger partial charge >= 0.3 is 5.97 Å². The first-order chi connectivity index (χ1) is 10.6. The average Bonchev–Trinajstić information content (AvgIpc) is 3.05. The fourth-order valence-electron chi connectivity index (χ4n) is 2.16. The molecule has 1 aliphatic heterocycles. The highest BCUT2D eigenvalue weighted by atomic mass is 32.2. The summed E-state index contributed by atoms with van der Waals surface area (Å²) >= 11 is 1.44. The fraction of sp³-hybridized carbons (Fsp3) is 0.312. The monoisotopic (exact) mass is 319 g/mol. The maximum absolute atomic E-state index is 11.9. The summed E-state index contributed by atoms with van der Waals surface area (Å²) in [6, 6.07) is 6.81. The molecule has 0 unspecified atom stereocenters. The minimum atomic E-state index is -1.15. The molecule has 0 aliphatic carbocycles. The van der Waals surface area contributed by atoms with Crippen LogP contribution in [-0.4, -0.2) is 46.5 Å². The van der Waals surface area contributed by atoms with Crippen LogP contribution in [0, 0.1) is 0 Å². The number of thioether (sulfide) groups is 1. The number of hydrogen-bond acceptors (Lipinski definition) is 4. The van der Waals surface area contributed by atoms with Gasteiger partial charge in [0.1, 0.15) is 0 Å². The van der Waals surface area contributed by atoms with E-state index < -0.39 is 5.97 Å². The highest BCUT2D eigenvalue weighted by Crippen LogP contribution is 2.20. The van der Waals surface area contributed by atoms with Gasteiger partial charge in [-0.05, 0) is 43.2 Å². The van der Waals surface area contributed by atoms with E-state index in [9.17, 15) is 14.4 Å². The van der Waals surface area contributed by atoms with Crippen LogP contribution in [0.25, 0.3) is 0 Å². The number of carboxylic acids is 1. The Labute approximate surface area is 133 Å². The van der Waals surface area contributed by atoms with E-state index in [2.05, 4.69) is 0 Å². The van der Waals surface area contributed by atoms with E-state index in [1.54, 1.807) is 24.3 Å². The van der Waals surface area contributed by atoms with Gasteiger partial charge in [0.15, 0.2) is 5.78 Å². The summed E-state index contributed by atoms with van der Waals surface area (Å²) < 4.78 is 0. The second-order valence-corrected chi connectivity index (χ2v) is 5.99. The Bertz CT molecular complexity index is 589. The van der Waals surface area contributed by atoms with Crippen molar-refractivity contribution in [3.63, 3.8) is 0 Å². The second kappa shape index (κ2) is 7.79. The van der Waals surface area contributed by atoms with Crippen molar-refractivity contribution in [1.82, 2.24) is 4.90 Å². The summed E-state index contributed by atoms with van der Waals surface area (Å²) in [4.78, 5) is 36.8. The van der Waals surface area contributed by atoms with Crippen LogP contribution in [0.3, 0.4) is 0 Å². The molecule has 0 atom stereocenters. The number of aliphatic carboxylic acids is 1. The molecule has 0 bridgehead atoms. The molecule has 0 radical (unpaired) electrons. The molecule has 0 saturated carbocycles. The Hall–Kier alpha value is -2.08. The lowest BCUT2D eigenvalue weighted by Gasteiger charge is -2.14. The highest BCUT2D eigenvalue weighted by Gasteiger charge is 2.17. The summed E-state index contributed by atoms with van der Waals surface area (Å²) in [5, 5.41) is 8.49. The number of carbonyl (C=O) groups excluding carboxylic acids is 2. The molecule has 0 spiro atoms. The Morgan fingerprint density at radius 3 is 2.32 bits per heavy atom. The van der Waals surface area contributed by atoms with Gasteiger partial charge < -0.3 is 10.0 Å². The zero-order valence-electron chi connectivity index (χ0n) is 12.0. The first kappa shape index (κ1) is 16.3. The zero-order chi connectivity index (χ0) is 15.9. The standard InChI is InChI=1S/C16H17NO4S/c18-14(7-8-16(20)21)12-3-5-13(6-4-12)22-11-15(19)17-9-1-2-10-17/h3-8H,1-2,9-11H2,(H,20,21)/b8-7+. The van der Waals surface area contributed by atoms with Crippen LogP contribution >= 0.6 is 11.8 Å². The first-order valence-electron chi connectivity index (χ1n) is 7.02. The SMILES string of the molecule is O=C(O)/C=C/C(=O)c1ccc(SCC(=O)N2CCCC2)cc1. The lowest BCUT2D eigenvalue weighted by atomic mass is 10.1. The summed E-state index contributed by atoms with van der Waals surface area (Å²) in [5.74, 6) is -0.966. The molecule has 1 N–H and O–H groups in total. The van der Waals surface area contributed by atoms with E-state index in [0.717, 1.165) is 43.0 Å². The van der Waals surface area contributed by atoms with Crippen molar-refractivity contribution >= 4 is 29.4 Å². The first-order valence-corrected chi connectivity index (χ1v) is 8.01. The number of likely N-dealkylation sites (tertiary alicyclic amines) is 1. The molecule has 6 heteroatoms. The molecule has 5 nitrogen and oxygen atoms in total. The number of ketones is 1. The Kier molecular flexibility index (Phi) is 5.77. The smallest absolute Gasteiger partial charge is 0.328 e. The molecule has 22 heavy (non-hydrogen) atoms. The van der Waals surface area contributed by atoms with Crippen LogP contribution < -0.4 is 0 Å². The molecule has 1 fully saturated rings. The molecule has 1 aromatic carbocycles. The topological polar surface area (TPSA) is 74.7 Å². The van der Waals surface area contributed by atoms with Gasteiger partial charge in [-0.15, -0.1) is 11.8 Å². The van der Waals surface area contributed by atoms with Gasteiger partial charge in [-0.25, -0.2) is 4.79 Å². The normalized spacial score (nSPS) is 14.5. The molecule has 2 rings (SSSR count). The van der Waals surface area contributed by atoms with E-state index in [4.69, 9.17) is 5.11 Å². The molecule has 1 aromatic rings.